The molecule has 0 aliphatic carbocycles. The van der Waals surface area contributed by atoms with Gasteiger partial charge in [-0.3, -0.25) is 4.79 Å². The van der Waals surface area contributed by atoms with Crippen molar-refractivity contribution in [2.45, 2.75) is 27.1 Å². The molecule has 0 saturated heterocycles. The Morgan fingerprint density at radius 1 is 1.03 bits per heavy atom. The summed E-state index contributed by atoms with van der Waals surface area (Å²) >= 11 is 0. The minimum atomic E-state index is -0.497. The molecule has 0 bridgehead atoms. The third-order valence-electron chi connectivity index (χ3n) is 4.76. The molecule has 6 nitrogen and oxygen atoms in total. The fourth-order valence-corrected chi connectivity index (χ4v) is 3.28. The van der Waals surface area contributed by atoms with E-state index in [1.54, 1.807) is 25.3 Å². The SMILES string of the molecule is COCc1nc2ccccc2c(C)c1C(=O)OCc1cc(C(C)=O)ccc1OC. The maximum Gasteiger partial charge on any atom is 0.340 e. The molecule has 0 spiro atoms. The second-order valence-corrected chi connectivity index (χ2v) is 6.67. The van der Waals surface area contributed by atoms with Crippen LogP contribution in [0.15, 0.2) is 42.5 Å². The molecule has 0 fully saturated rings. The van der Waals surface area contributed by atoms with Crippen molar-refractivity contribution >= 4 is 22.7 Å². The number of aryl methyl sites for hydroxylation is 1. The number of carbonyl (C=O) groups is 2. The molecule has 0 aliphatic heterocycles. The summed E-state index contributed by atoms with van der Waals surface area (Å²) in [6.07, 6.45) is 0. The lowest BCUT2D eigenvalue weighted by molar-refractivity contribution is 0.0464. The van der Waals surface area contributed by atoms with Gasteiger partial charge in [0.25, 0.3) is 0 Å². The van der Waals surface area contributed by atoms with Crippen LogP contribution in [0.2, 0.25) is 0 Å². The number of nitrogens with zero attached hydrogens (tertiary/aromatic N) is 1. The van der Waals surface area contributed by atoms with E-state index in [-0.39, 0.29) is 19.0 Å². The summed E-state index contributed by atoms with van der Waals surface area (Å²) in [5.41, 5.74) is 3.65. The number of ketones is 1. The maximum atomic E-state index is 13.0. The molecule has 0 N–H and O–H groups in total. The van der Waals surface area contributed by atoms with Crippen molar-refractivity contribution in [3.63, 3.8) is 0 Å². The zero-order valence-corrected chi connectivity index (χ0v) is 16.9. The Morgan fingerprint density at radius 3 is 2.48 bits per heavy atom. The number of esters is 1. The minimum absolute atomic E-state index is 0.0260. The fraction of sp³-hybridized carbons (Fsp3) is 0.261. The zero-order chi connectivity index (χ0) is 21.0. The number of benzene rings is 2. The molecule has 1 heterocycles. The summed E-state index contributed by atoms with van der Waals surface area (Å²) in [6, 6.07) is 12.7. The number of fused-ring (bicyclic) bond motifs is 1. The van der Waals surface area contributed by atoms with Gasteiger partial charge in [0, 0.05) is 23.6 Å². The first-order valence-electron chi connectivity index (χ1n) is 9.18. The number of pyridine rings is 1. The molecule has 0 unspecified atom stereocenters. The van der Waals surface area contributed by atoms with E-state index in [1.807, 2.05) is 31.2 Å². The van der Waals surface area contributed by atoms with E-state index in [4.69, 9.17) is 14.2 Å². The summed E-state index contributed by atoms with van der Waals surface area (Å²) in [5, 5.41) is 0.885. The van der Waals surface area contributed by atoms with Gasteiger partial charge >= 0.3 is 5.97 Å². The molecule has 6 heteroatoms. The number of aromatic nitrogens is 1. The molecule has 0 saturated carbocycles. The molecular formula is C23H23NO5. The zero-order valence-electron chi connectivity index (χ0n) is 16.9. The van der Waals surface area contributed by atoms with Gasteiger partial charge in [0.2, 0.25) is 0 Å². The summed E-state index contributed by atoms with van der Waals surface area (Å²) in [4.78, 5) is 29.2. The molecule has 150 valence electrons. The molecule has 0 aliphatic rings. The Kier molecular flexibility index (Phi) is 6.24. The van der Waals surface area contributed by atoms with E-state index in [0.29, 0.717) is 28.1 Å². The van der Waals surface area contributed by atoms with Gasteiger partial charge in [0.05, 0.1) is 30.5 Å². The Hall–Kier alpha value is -3.25. The number of para-hydroxylation sites is 1. The van der Waals surface area contributed by atoms with Gasteiger partial charge < -0.3 is 14.2 Å². The predicted molar refractivity (Wildman–Crippen MR) is 109 cm³/mol. The molecule has 0 atom stereocenters. The van der Waals surface area contributed by atoms with Crippen LogP contribution in [0.1, 0.15) is 44.5 Å². The van der Waals surface area contributed by atoms with Crippen molar-refractivity contribution in [2.24, 2.45) is 0 Å². The van der Waals surface area contributed by atoms with E-state index < -0.39 is 5.97 Å². The van der Waals surface area contributed by atoms with Crippen LogP contribution in [0.25, 0.3) is 10.9 Å². The molecule has 0 radical (unpaired) electrons. The third kappa shape index (κ3) is 4.27. The van der Waals surface area contributed by atoms with Crippen LogP contribution < -0.4 is 4.74 Å². The average molecular weight is 393 g/mol. The molecule has 2 aromatic carbocycles. The Labute approximate surface area is 169 Å². The van der Waals surface area contributed by atoms with Crippen molar-refractivity contribution in [1.82, 2.24) is 4.98 Å². The highest BCUT2D eigenvalue weighted by atomic mass is 16.5. The highest BCUT2D eigenvalue weighted by molar-refractivity contribution is 5.98. The van der Waals surface area contributed by atoms with Gasteiger partial charge in [-0.1, -0.05) is 18.2 Å². The normalized spacial score (nSPS) is 10.8. The second-order valence-electron chi connectivity index (χ2n) is 6.67. The number of hydrogen-bond acceptors (Lipinski definition) is 6. The lowest BCUT2D eigenvalue weighted by Gasteiger charge is -2.15. The quantitative estimate of drug-likeness (QED) is 0.441. The van der Waals surface area contributed by atoms with Crippen molar-refractivity contribution in [3.8, 4) is 5.75 Å². The summed E-state index contributed by atoms with van der Waals surface area (Å²) in [6.45, 7) is 3.52. The van der Waals surface area contributed by atoms with Crippen LogP contribution in [-0.2, 0) is 22.7 Å². The molecule has 0 amide bonds. The van der Waals surface area contributed by atoms with Crippen molar-refractivity contribution in [1.29, 1.82) is 0 Å². The topological polar surface area (TPSA) is 74.7 Å². The van der Waals surface area contributed by atoms with Gasteiger partial charge in [0.1, 0.15) is 12.4 Å². The summed E-state index contributed by atoms with van der Waals surface area (Å²) in [5.74, 6) is -0.0199. The molecule has 29 heavy (non-hydrogen) atoms. The second kappa shape index (κ2) is 8.84. The van der Waals surface area contributed by atoms with Gasteiger partial charge in [-0.25, -0.2) is 9.78 Å². The van der Waals surface area contributed by atoms with Crippen LogP contribution in [0, 0.1) is 6.92 Å². The van der Waals surface area contributed by atoms with Gasteiger partial charge in [0.15, 0.2) is 5.78 Å². The van der Waals surface area contributed by atoms with Gasteiger partial charge in [-0.05, 0) is 43.7 Å². The minimum Gasteiger partial charge on any atom is -0.496 e. The highest BCUT2D eigenvalue weighted by Crippen LogP contribution is 2.26. The van der Waals surface area contributed by atoms with Crippen LogP contribution in [0.5, 0.6) is 5.75 Å². The Balaban J connectivity index is 1.94. The fourth-order valence-electron chi connectivity index (χ4n) is 3.28. The first kappa shape index (κ1) is 20.5. The highest BCUT2D eigenvalue weighted by Gasteiger charge is 2.21. The standard InChI is InChI=1S/C23H23NO5/c1-14-18-7-5-6-8-19(18)24-20(13-27-3)22(14)23(26)29-12-17-11-16(15(2)25)9-10-21(17)28-4/h5-11H,12-13H2,1-4H3. The number of hydrogen-bond donors (Lipinski definition) is 0. The van der Waals surface area contributed by atoms with Crippen LogP contribution >= 0.6 is 0 Å². The van der Waals surface area contributed by atoms with Crippen molar-refractivity contribution in [3.05, 3.63) is 70.4 Å². The maximum absolute atomic E-state index is 13.0. The lowest BCUT2D eigenvalue weighted by Crippen LogP contribution is -2.14. The lowest BCUT2D eigenvalue weighted by atomic mass is 10.0. The average Bonchev–Trinajstić information content (AvgIpc) is 2.72. The number of rotatable bonds is 7. The third-order valence-corrected chi connectivity index (χ3v) is 4.76. The van der Waals surface area contributed by atoms with E-state index >= 15 is 0 Å². The van der Waals surface area contributed by atoms with Crippen LogP contribution in [0.4, 0.5) is 0 Å². The van der Waals surface area contributed by atoms with Crippen LogP contribution in [0.3, 0.4) is 0 Å². The largest absolute Gasteiger partial charge is 0.496 e. The smallest absolute Gasteiger partial charge is 0.340 e. The summed E-state index contributed by atoms with van der Waals surface area (Å²) < 4.78 is 16.1. The first-order valence-corrected chi connectivity index (χ1v) is 9.18. The number of methoxy groups -OCH3 is 2. The molecular weight excluding hydrogens is 370 g/mol. The number of ether oxygens (including phenoxy) is 3. The molecule has 3 aromatic rings. The van der Waals surface area contributed by atoms with Gasteiger partial charge in [-0.15, -0.1) is 0 Å². The molecule has 1 aromatic heterocycles. The van der Waals surface area contributed by atoms with Gasteiger partial charge in [-0.2, -0.15) is 0 Å². The van der Waals surface area contributed by atoms with Crippen LogP contribution in [-0.4, -0.2) is 31.0 Å². The first-order chi connectivity index (χ1) is 14.0. The molecule has 3 rings (SSSR count). The Morgan fingerprint density at radius 2 is 1.79 bits per heavy atom. The number of carbonyl (C=O) groups excluding carboxylic acids is 2. The van der Waals surface area contributed by atoms with E-state index in [9.17, 15) is 9.59 Å². The number of Topliss-reactive ketones (excluding diaryl/α,β-unsaturated/α-hetero) is 1. The predicted octanol–water partition coefficient (Wildman–Crippen LogP) is 4.26. The Bertz CT molecular complexity index is 1070. The van der Waals surface area contributed by atoms with E-state index in [1.165, 1.54) is 14.0 Å². The van der Waals surface area contributed by atoms with E-state index in [2.05, 4.69) is 4.98 Å². The summed E-state index contributed by atoms with van der Waals surface area (Å²) in [7, 11) is 3.08. The monoisotopic (exact) mass is 393 g/mol. The van der Waals surface area contributed by atoms with Crippen molar-refractivity contribution < 1.29 is 23.8 Å². The van der Waals surface area contributed by atoms with Crippen molar-refractivity contribution in [2.75, 3.05) is 14.2 Å². The van der Waals surface area contributed by atoms with E-state index in [0.717, 1.165) is 16.5 Å².